The molecule has 0 unspecified atom stereocenters. The van der Waals surface area contributed by atoms with Crippen LogP contribution in [0, 0.1) is 21.4 Å². The Labute approximate surface area is 207 Å². The first-order valence-corrected chi connectivity index (χ1v) is 11.8. The van der Waals surface area contributed by atoms with E-state index in [0.717, 1.165) is 24.3 Å². The predicted octanol–water partition coefficient (Wildman–Crippen LogP) is 5.32. The van der Waals surface area contributed by atoms with E-state index in [1.807, 2.05) is 0 Å². The molecule has 0 atom stereocenters. The third-order valence-electron chi connectivity index (χ3n) is 4.26. The molecule has 3 aromatic rings. The molecule has 1 amide bonds. The smallest absolute Gasteiger partial charge is 0.339 e. The van der Waals surface area contributed by atoms with E-state index in [-0.39, 0.29) is 16.9 Å². The van der Waals surface area contributed by atoms with Gasteiger partial charge in [-0.2, -0.15) is 13.7 Å². The Morgan fingerprint density at radius 1 is 1.15 bits per heavy atom. The van der Waals surface area contributed by atoms with Crippen LogP contribution < -0.4 is 9.50 Å². The molecular weight excluding hydrogens is 550 g/mol. The Kier molecular flexibility index (Phi) is 7.68. The molecule has 0 aliphatic rings. The van der Waals surface area contributed by atoms with Gasteiger partial charge in [-0.15, -0.1) is 0 Å². The average molecular weight is 563 g/mol. The molecule has 0 aromatic heterocycles. The number of nitrogens with zero attached hydrogens (tertiary/aromatic N) is 2. The minimum atomic E-state index is -4.47. The Morgan fingerprint density at radius 2 is 1.85 bits per heavy atom. The van der Waals surface area contributed by atoms with Crippen LogP contribution in [0.5, 0.6) is 5.75 Å². The molecule has 1 N–H and O–H groups in total. The van der Waals surface area contributed by atoms with Crippen LogP contribution in [0.25, 0.3) is 6.08 Å². The molecule has 172 valence electrons. The molecule has 0 aliphatic carbocycles. The molecule has 0 aliphatic heterocycles. The van der Waals surface area contributed by atoms with E-state index in [2.05, 4.69) is 21.2 Å². The van der Waals surface area contributed by atoms with Crippen LogP contribution >= 0.6 is 27.5 Å². The van der Waals surface area contributed by atoms with Gasteiger partial charge in [0.15, 0.2) is 0 Å². The second-order valence-corrected chi connectivity index (χ2v) is 9.50. The van der Waals surface area contributed by atoms with Gasteiger partial charge in [0.25, 0.3) is 11.6 Å². The average Bonchev–Trinajstić information content (AvgIpc) is 2.80. The van der Waals surface area contributed by atoms with E-state index in [0.29, 0.717) is 15.2 Å². The van der Waals surface area contributed by atoms with E-state index in [9.17, 15) is 28.6 Å². The highest BCUT2D eigenvalue weighted by molar-refractivity contribution is 9.10. The van der Waals surface area contributed by atoms with E-state index in [4.69, 9.17) is 15.8 Å². The zero-order valence-electron chi connectivity index (χ0n) is 16.9. The Hall–Kier alpha value is -3.72. The van der Waals surface area contributed by atoms with E-state index >= 15 is 0 Å². The van der Waals surface area contributed by atoms with Gasteiger partial charge in [0.1, 0.15) is 22.3 Å². The van der Waals surface area contributed by atoms with Gasteiger partial charge in [-0.3, -0.25) is 14.9 Å². The number of nitro groups is 1. The summed E-state index contributed by atoms with van der Waals surface area (Å²) in [5, 5.41) is 23.5. The number of nitro benzene ring substituents is 1. The highest BCUT2D eigenvalue weighted by atomic mass is 79.9. The third-order valence-corrected chi connectivity index (χ3v) is 6.23. The molecule has 0 spiro atoms. The quantitative estimate of drug-likeness (QED) is 0.135. The van der Waals surface area contributed by atoms with Crippen LogP contribution in [0.3, 0.4) is 0 Å². The first kappa shape index (κ1) is 24.9. The summed E-state index contributed by atoms with van der Waals surface area (Å²) in [6, 6.07) is 16.6. The fraction of sp³-hybridized carbons (Fsp3) is 0. The monoisotopic (exact) mass is 561 g/mol. The third kappa shape index (κ3) is 6.20. The van der Waals surface area contributed by atoms with Crippen LogP contribution in [-0.2, 0) is 14.9 Å². The first-order chi connectivity index (χ1) is 16.1. The number of nitriles is 1. The number of benzene rings is 3. The van der Waals surface area contributed by atoms with Crippen LogP contribution in [0.4, 0.5) is 11.4 Å². The minimum absolute atomic E-state index is 0.103. The van der Waals surface area contributed by atoms with Crippen molar-refractivity contribution < 1.29 is 22.3 Å². The van der Waals surface area contributed by atoms with Crippen molar-refractivity contribution in [1.29, 1.82) is 5.26 Å². The minimum Gasteiger partial charge on any atom is -0.378 e. The van der Waals surface area contributed by atoms with Crippen molar-refractivity contribution >= 4 is 61.0 Å². The lowest BCUT2D eigenvalue weighted by molar-refractivity contribution is -0.385. The van der Waals surface area contributed by atoms with Gasteiger partial charge in [0.2, 0.25) is 0 Å². The largest absolute Gasteiger partial charge is 0.378 e. The second-order valence-electron chi connectivity index (χ2n) is 6.60. The van der Waals surface area contributed by atoms with Crippen molar-refractivity contribution in [2.45, 2.75) is 4.90 Å². The van der Waals surface area contributed by atoms with Crippen molar-refractivity contribution in [2.75, 3.05) is 5.32 Å². The summed E-state index contributed by atoms with van der Waals surface area (Å²) in [6.07, 6.45) is 1.16. The van der Waals surface area contributed by atoms with Gasteiger partial charge >= 0.3 is 10.1 Å². The summed E-state index contributed by atoms with van der Waals surface area (Å²) in [5.41, 5.74) is -0.252. The molecule has 12 heteroatoms. The Morgan fingerprint density at radius 3 is 2.50 bits per heavy atom. The summed E-state index contributed by atoms with van der Waals surface area (Å²) in [7, 11) is -4.47. The molecule has 9 nitrogen and oxygen atoms in total. The normalized spacial score (nSPS) is 11.4. The van der Waals surface area contributed by atoms with Crippen LogP contribution in [0.1, 0.15) is 5.56 Å². The van der Waals surface area contributed by atoms with E-state index < -0.39 is 31.5 Å². The van der Waals surface area contributed by atoms with Crippen molar-refractivity contribution in [3.8, 4) is 11.8 Å². The van der Waals surface area contributed by atoms with Gasteiger partial charge in [-0.1, -0.05) is 33.6 Å². The lowest BCUT2D eigenvalue weighted by atomic mass is 10.1. The summed E-state index contributed by atoms with van der Waals surface area (Å²) < 4.78 is 31.2. The van der Waals surface area contributed by atoms with E-state index in [1.165, 1.54) is 24.3 Å². The molecule has 3 rings (SSSR count). The van der Waals surface area contributed by atoms with Gasteiger partial charge in [-0.25, -0.2) is 0 Å². The van der Waals surface area contributed by atoms with Gasteiger partial charge in [-0.05, 0) is 54.6 Å². The molecular formula is C22H13BrClN3O6S. The zero-order valence-corrected chi connectivity index (χ0v) is 20.1. The Bertz CT molecular complexity index is 1450. The van der Waals surface area contributed by atoms with Crippen molar-refractivity contribution in [2.24, 2.45) is 0 Å². The summed E-state index contributed by atoms with van der Waals surface area (Å²) in [4.78, 5) is 22.4. The second kappa shape index (κ2) is 10.5. The lowest BCUT2D eigenvalue weighted by Gasteiger charge is -2.11. The maximum Gasteiger partial charge on any atom is 0.339 e. The fourth-order valence-electron chi connectivity index (χ4n) is 2.66. The van der Waals surface area contributed by atoms with Crippen LogP contribution in [0.2, 0.25) is 5.02 Å². The molecule has 0 fully saturated rings. The van der Waals surface area contributed by atoms with Gasteiger partial charge < -0.3 is 9.50 Å². The predicted molar refractivity (Wildman–Crippen MR) is 129 cm³/mol. The first-order valence-electron chi connectivity index (χ1n) is 9.26. The maximum absolute atomic E-state index is 12.7. The summed E-state index contributed by atoms with van der Waals surface area (Å²) in [5.74, 6) is -0.931. The number of rotatable bonds is 7. The molecule has 3 aromatic carbocycles. The fourth-order valence-corrected chi connectivity index (χ4v) is 4.16. The molecule has 0 bridgehead atoms. The standard InChI is InChI=1S/C22H13BrClN3O6S/c23-16-4-9-21(33-34(31,32)20-3-1-2-19(12-20)27(29)30)14(11-16)10-15(13-25)22(28)26-18-7-5-17(24)6-8-18/h1-12H,(H,26,28)/b15-10-. The maximum atomic E-state index is 12.7. The number of amides is 1. The number of hydrogen-bond donors (Lipinski definition) is 1. The number of carbonyl (C=O) groups is 1. The molecule has 0 heterocycles. The molecule has 0 saturated heterocycles. The number of non-ortho nitro benzene ring substituents is 1. The van der Waals surface area contributed by atoms with Gasteiger partial charge in [0, 0.05) is 32.9 Å². The summed E-state index contributed by atoms with van der Waals surface area (Å²) >= 11 is 9.07. The number of carbonyl (C=O) groups excluding carboxylic acids is 1. The van der Waals surface area contributed by atoms with Crippen LogP contribution in [-0.4, -0.2) is 19.2 Å². The topological polar surface area (TPSA) is 139 Å². The molecule has 34 heavy (non-hydrogen) atoms. The van der Waals surface area contributed by atoms with Crippen molar-refractivity contribution in [3.63, 3.8) is 0 Å². The van der Waals surface area contributed by atoms with Crippen LogP contribution in [0.15, 0.2) is 81.7 Å². The lowest BCUT2D eigenvalue weighted by Crippen LogP contribution is -2.14. The number of hydrogen-bond acceptors (Lipinski definition) is 7. The van der Waals surface area contributed by atoms with Crippen molar-refractivity contribution in [1.82, 2.24) is 0 Å². The van der Waals surface area contributed by atoms with Crippen molar-refractivity contribution in [3.05, 3.63) is 97.5 Å². The van der Waals surface area contributed by atoms with Gasteiger partial charge in [0.05, 0.1) is 4.92 Å². The SMILES string of the molecule is N#C/C(=C/c1cc(Br)ccc1OS(=O)(=O)c1cccc([N+](=O)[O-])c1)C(=O)Nc1ccc(Cl)cc1. The highest BCUT2D eigenvalue weighted by Crippen LogP contribution is 2.29. The highest BCUT2D eigenvalue weighted by Gasteiger charge is 2.22. The zero-order chi connectivity index (χ0) is 24.9. The number of nitrogens with one attached hydrogen (secondary N) is 1. The number of halogens is 2. The molecule has 0 saturated carbocycles. The Balaban J connectivity index is 1.95. The molecule has 0 radical (unpaired) electrons. The summed E-state index contributed by atoms with van der Waals surface area (Å²) in [6.45, 7) is 0. The van der Waals surface area contributed by atoms with E-state index in [1.54, 1.807) is 30.3 Å². The number of anilines is 1.